The summed E-state index contributed by atoms with van der Waals surface area (Å²) in [6.45, 7) is 6.94. The van der Waals surface area contributed by atoms with E-state index in [9.17, 15) is 8.42 Å². The Balaban J connectivity index is 1.86. The molecule has 4 nitrogen and oxygen atoms in total. The van der Waals surface area contributed by atoms with Crippen LogP contribution in [0.4, 0.5) is 0 Å². The normalized spacial score (nSPS) is 24.5. The molecule has 1 aliphatic heterocycles. The van der Waals surface area contributed by atoms with Crippen molar-refractivity contribution in [3.05, 3.63) is 30.3 Å². The smallest absolute Gasteiger partial charge is 0.310 e. The molecule has 20 heavy (non-hydrogen) atoms. The van der Waals surface area contributed by atoms with Gasteiger partial charge in [0.1, 0.15) is 5.75 Å². The van der Waals surface area contributed by atoms with Gasteiger partial charge in [-0.25, -0.2) is 0 Å². The zero-order chi connectivity index (χ0) is 14.6. The Morgan fingerprint density at radius 1 is 1.15 bits per heavy atom. The third-order valence-corrected chi connectivity index (χ3v) is 4.70. The summed E-state index contributed by atoms with van der Waals surface area (Å²) in [7, 11) is -3.51. The summed E-state index contributed by atoms with van der Waals surface area (Å²) in [4.78, 5) is 2.23. The van der Waals surface area contributed by atoms with Crippen molar-refractivity contribution in [2.24, 2.45) is 11.8 Å². The van der Waals surface area contributed by atoms with Gasteiger partial charge in [0, 0.05) is 19.6 Å². The van der Waals surface area contributed by atoms with Gasteiger partial charge in [0.05, 0.1) is 5.75 Å². The highest BCUT2D eigenvalue weighted by molar-refractivity contribution is 7.87. The van der Waals surface area contributed by atoms with Crippen LogP contribution in [-0.4, -0.2) is 38.7 Å². The molecular formula is C15H23NO3S. The summed E-state index contributed by atoms with van der Waals surface area (Å²) < 4.78 is 29.0. The van der Waals surface area contributed by atoms with Crippen LogP contribution in [0.3, 0.4) is 0 Å². The van der Waals surface area contributed by atoms with Crippen molar-refractivity contribution in [1.29, 1.82) is 0 Å². The minimum atomic E-state index is -3.51. The number of hydrogen-bond donors (Lipinski definition) is 0. The van der Waals surface area contributed by atoms with E-state index >= 15 is 0 Å². The molecule has 0 aliphatic carbocycles. The molecule has 1 aromatic rings. The molecule has 0 radical (unpaired) electrons. The average Bonchev–Trinajstić information content (AvgIpc) is 2.36. The third kappa shape index (κ3) is 4.80. The number of para-hydroxylation sites is 1. The first-order valence-corrected chi connectivity index (χ1v) is 8.72. The van der Waals surface area contributed by atoms with Crippen LogP contribution in [0.5, 0.6) is 5.75 Å². The van der Waals surface area contributed by atoms with Gasteiger partial charge in [-0.15, -0.1) is 0 Å². The van der Waals surface area contributed by atoms with Gasteiger partial charge in [-0.05, 0) is 30.4 Å². The van der Waals surface area contributed by atoms with Crippen LogP contribution in [0.15, 0.2) is 30.3 Å². The number of likely N-dealkylation sites (tertiary alicyclic amines) is 1. The highest BCUT2D eigenvalue weighted by atomic mass is 32.2. The maximum absolute atomic E-state index is 12.0. The van der Waals surface area contributed by atoms with E-state index in [0.29, 0.717) is 24.1 Å². The Labute approximate surface area is 121 Å². The second kappa shape index (κ2) is 6.59. The lowest BCUT2D eigenvalue weighted by atomic mass is 9.92. The van der Waals surface area contributed by atoms with Gasteiger partial charge in [0.15, 0.2) is 0 Å². The Bertz CT molecular complexity index is 505. The molecule has 112 valence electrons. The standard InChI is InChI=1S/C15H23NO3S/c1-13-10-14(2)12-16(11-13)8-9-20(17,18)19-15-6-4-3-5-7-15/h3-7,13-14H,8-12H2,1-2H3. The Kier molecular flexibility index (Phi) is 5.05. The lowest BCUT2D eigenvalue weighted by Gasteiger charge is -2.34. The van der Waals surface area contributed by atoms with Crippen LogP contribution in [0.2, 0.25) is 0 Å². The third-order valence-electron chi connectivity index (χ3n) is 3.57. The lowest BCUT2D eigenvalue weighted by Crippen LogP contribution is -2.41. The molecule has 2 unspecified atom stereocenters. The fourth-order valence-electron chi connectivity index (χ4n) is 2.88. The Morgan fingerprint density at radius 2 is 1.75 bits per heavy atom. The van der Waals surface area contributed by atoms with Crippen molar-refractivity contribution in [3.63, 3.8) is 0 Å². The first-order valence-electron chi connectivity index (χ1n) is 7.14. The highest BCUT2D eigenvalue weighted by Crippen LogP contribution is 2.21. The van der Waals surface area contributed by atoms with Crippen molar-refractivity contribution in [1.82, 2.24) is 4.90 Å². The molecule has 0 bridgehead atoms. The van der Waals surface area contributed by atoms with E-state index < -0.39 is 10.1 Å². The highest BCUT2D eigenvalue weighted by Gasteiger charge is 2.23. The zero-order valence-electron chi connectivity index (χ0n) is 12.2. The molecule has 2 rings (SSSR count). The van der Waals surface area contributed by atoms with E-state index in [0.717, 1.165) is 13.1 Å². The second-order valence-electron chi connectivity index (χ2n) is 5.86. The zero-order valence-corrected chi connectivity index (χ0v) is 13.0. The molecule has 0 N–H and O–H groups in total. The minimum Gasteiger partial charge on any atom is -0.382 e. The van der Waals surface area contributed by atoms with Crippen LogP contribution in [0, 0.1) is 11.8 Å². The van der Waals surface area contributed by atoms with Gasteiger partial charge in [-0.3, -0.25) is 0 Å². The van der Waals surface area contributed by atoms with E-state index in [1.165, 1.54) is 6.42 Å². The maximum Gasteiger partial charge on any atom is 0.310 e. The van der Waals surface area contributed by atoms with Gasteiger partial charge >= 0.3 is 10.1 Å². The van der Waals surface area contributed by atoms with Crippen LogP contribution in [0.1, 0.15) is 20.3 Å². The van der Waals surface area contributed by atoms with Gasteiger partial charge < -0.3 is 9.08 Å². The fourth-order valence-corrected chi connectivity index (χ4v) is 3.85. The number of rotatable bonds is 5. The Morgan fingerprint density at radius 3 is 2.35 bits per heavy atom. The molecular weight excluding hydrogens is 274 g/mol. The second-order valence-corrected chi connectivity index (χ2v) is 7.55. The number of benzene rings is 1. The summed E-state index contributed by atoms with van der Waals surface area (Å²) in [5.41, 5.74) is 0. The molecule has 0 spiro atoms. The monoisotopic (exact) mass is 297 g/mol. The lowest BCUT2D eigenvalue weighted by molar-refractivity contribution is 0.148. The van der Waals surface area contributed by atoms with Crippen LogP contribution < -0.4 is 4.18 Å². The number of hydrogen-bond acceptors (Lipinski definition) is 4. The van der Waals surface area contributed by atoms with E-state index in [1.807, 2.05) is 6.07 Å². The van der Waals surface area contributed by atoms with Gasteiger partial charge in [0.2, 0.25) is 0 Å². The average molecular weight is 297 g/mol. The topological polar surface area (TPSA) is 46.6 Å². The summed E-state index contributed by atoms with van der Waals surface area (Å²) in [5.74, 6) is 1.70. The molecule has 1 aromatic carbocycles. The van der Waals surface area contributed by atoms with Crippen molar-refractivity contribution < 1.29 is 12.6 Å². The molecule has 0 saturated carbocycles. The number of nitrogens with zero attached hydrogens (tertiary/aromatic N) is 1. The van der Waals surface area contributed by atoms with E-state index in [2.05, 4.69) is 18.7 Å². The van der Waals surface area contributed by atoms with Gasteiger partial charge in [-0.2, -0.15) is 8.42 Å². The molecule has 0 amide bonds. The van der Waals surface area contributed by atoms with Gasteiger partial charge in [-0.1, -0.05) is 32.0 Å². The maximum atomic E-state index is 12.0. The predicted molar refractivity (Wildman–Crippen MR) is 80.2 cm³/mol. The first-order chi connectivity index (χ1) is 9.44. The summed E-state index contributed by atoms with van der Waals surface area (Å²) in [5, 5.41) is 0. The van der Waals surface area contributed by atoms with Crippen molar-refractivity contribution in [2.45, 2.75) is 20.3 Å². The van der Waals surface area contributed by atoms with Crippen molar-refractivity contribution in [3.8, 4) is 5.75 Å². The fraction of sp³-hybridized carbons (Fsp3) is 0.600. The summed E-state index contributed by atoms with van der Waals surface area (Å²) >= 11 is 0. The van der Waals surface area contributed by atoms with E-state index in [1.54, 1.807) is 24.3 Å². The molecule has 1 fully saturated rings. The first kappa shape index (κ1) is 15.3. The number of piperidine rings is 1. The van der Waals surface area contributed by atoms with E-state index in [-0.39, 0.29) is 5.75 Å². The quantitative estimate of drug-likeness (QED) is 0.783. The Hall–Kier alpha value is -1.07. The molecule has 1 heterocycles. The molecule has 0 aromatic heterocycles. The van der Waals surface area contributed by atoms with Crippen LogP contribution in [0.25, 0.3) is 0 Å². The molecule has 1 aliphatic rings. The summed E-state index contributed by atoms with van der Waals surface area (Å²) in [6, 6.07) is 8.67. The van der Waals surface area contributed by atoms with Crippen molar-refractivity contribution in [2.75, 3.05) is 25.4 Å². The van der Waals surface area contributed by atoms with Crippen molar-refractivity contribution >= 4 is 10.1 Å². The van der Waals surface area contributed by atoms with Crippen LogP contribution >= 0.6 is 0 Å². The molecule has 1 saturated heterocycles. The van der Waals surface area contributed by atoms with Crippen LogP contribution in [-0.2, 0) is 10.1 Å². The molecule has 5 heteroatoms. The summed E-state index contributed by atoms with van der Waals surface area (Å²) in [6.07, 6.45) is 1.23. The molecule has 2 atom stereocenters. The predicted octanol–water partition coefficient (Wildman–Crippen LogP) is 2.37. The largest absolute Gasteiger partial charge is 0.382 e. The van der Waals surface area contributed by atoms with E-state index in [4.69, 9.17) is 4.18 Å². The SMILES string of the molecule is CC1CC(C)CN(CCS(=O)(=O)Oc2ccccc2)C1. The van der Waals surface area contributed by atoms with Gasteiger partial charge in [0.25, 0.3) is 0 Å². The minimum absolute atomic E-state index is 0.0430.